The average molecular weight is 136 g/mol. The van der Waals surface area contributed by atoms with Gasteiger partial charge < -0.3 is 0 Å². The molecule has 0 nitrogen and oxygen atoms in total. The molecule has 0 aromatic rings. The molecule has 0 bridgehead atoms. The Labute approximate surface area is 36.0 Å². The van der Waals surface area contributed by atoms with E-state index in [-0.39, 0.29) is 0 Å². The van der Waals surface area contributed by atoms with Gasteiger partial charge in [0.15, 0.2) is 0 Å². The van der Waals surface area contributed by atoms with Crippen LogP contribution in [0.5, 0.6) is 0 Å². The molecular formula is C2H5AsS. The maximum absolute atomic E-state index is 2.16. The molecule has 2 heteroatoms. The molecule has 1 atom stereocenters. The molecule has 0 saturated carbocycles. The molecule has 1 aliphatic heterocycles. The summed E-state index contributed by atoms with van der Waals surface area (Å²) in [4.78, 5) is 0. The Kier molecular flexibility index (Phi) is 1.07. The first-order valence-corrected chi connectivity index (χ1v) is 6.39. The summed E-state index contributed by atoms with van der Waals surface area (Å²) in [5.41, 5.74) is 0. The molecule has 0 aliphatic carbocycles. The van der Waals surface area contributed by atoms with E-state index in [1.807, 2.05) is 0 Å². The molecule has 0 amide bonds. The van der Waals surface area contributed by atoms with Gasteiger partial charge in [0, 0.05) is 0 Å². The normalized spacial score (nSPS) is 30.0. The second-order valence-corrected chi connectivity index (χ2v) is 6.41. The van der Waals surface area contributed by atoms with Crippen molar-refractivity contribution in [2.45, 2.75) is 5.21 Å². The minimum absolute atomic E-state index is 0.611. The topological polar surface area (TPSA) is 0 Å². The Morgan fingerprint density at radius 2 is 2.00 bits per heavy atom. The molecule has 0 aromatic heterocycles. The quantitative estimate of drug-likeness (QED) is 0.437. The fourth-order valence-electron chi connectivity index (χ4n) is 0.102. The molecule has 1 rings (SSSR count). The predicted octanol–water partition coefficient (Wildman–Crippen LogP) is 0.503. The summed E-state index contributed by atoms with van der Waals surface area (Å²) in [6.45, 7) is 0. The average Bonchev–Trinajstić information content (AvgIpc) is 0.722. The molecule has 4 heavy (non-hydrogen) atoms. The Morgan fingerprint density at radius 1 is 1.75 bits per heavy atom. The van der Waals surface area contributed by atoms with E-state index < -0.39 is 0 Å². The molecule has 24 valence electrons. The van der Waals surface area contributed by atoms with Crippen LogP contribution in [0.25, 0.3) is 0 Å². The van der Waals surface area contributed by atoms with Gasteiger partial charge in [0.05, 0.1) is 0 Å². The van der Waals surface area contributed by atoms with Gasteiger partial charge in [0.1, 0.15) is 0 Å². The Morgan fingerprint density at radius 3 is 2.00 bits per heavy atom. The van der Waals surface area contributed by atoms with E-state index in [9.17, 15) is 0 Å². The van der Waals surface area contributed by atoms with E-state index in [4.69, 9.17) is 0 Å². The predicted molar refractivity (Wildman–Crippen MR) is 24.4 cm³/mol. The summed E-state index contributed by atoms with van der Waals surface area (Å²) < 4.78 is 0. The third kappa shape index (κ3) is 0.440. The van der Waals surface area contributed by atoms with Gasteiger partial charge in [-0.1, -0.05) is 0 Å². The van der Waals surface area contributed by atoms with Crippen LogP contribution >= 0.6 is 10.0 Å². The van der Waals surface area contributed by atoms with E-state index in [1.54, 1.807) is 5.21 Å². The van der Waals surface area contributed by atoms with Crippen molar-refractivity contribution < 1.29 is 0 Å². The first-order valence-electron chi connectivity index (χ1n) is 1.35. The van der Waals surface area contributed by atoms with Gasteiger partial charge >= 0.3 is 35.6 Å². The molecule has 0 N–H and O–H groups in total. The second-order valence-electron chi connectivity index (χ2n) is 0.743. The van der Waals surface area contributed by atoms with Crippen LogP contribution in [0.1, 0.15) is 0 Å². The Hall–Kier alpha value is 0.908. The summed E-state index contributed by atoms with van der Waals surface area (Å²) in [7, 11) is 2.16. The first kappa shape index (κ1) is 3.11. The van der Waals surface area contributed by atoms with Gasteiger partial charge in [0.2, 0.25) is 0 Å². The van der Waals surface area contributed by atoms with Crippen molar-refractivity contribution in [3.63, 3.8) is 0 Å². The summed E-state index contributed by atoms with van der Waals surface area (Å²) >= 11 is 0.611. The second kappa shape index (κ2) is 1.37. The van der Waals surface area contributed by atoms with E-state index in [0.717, 1.165) is 0 Å². The molecule has 0 aromatic carbocycles. The third-order valence-corrected chi connectivity index (χ3v) is 6.36. The van der Waals surface area contributed by atoms with E-state index in [2.05, 4.69) is 10.0 Å². The van der Waals surface area contributed by atoms with Crippen molar-refractivity contribution in [3.05, 3.63) is 0 Å². The van der Waals surface area contributed by atoms with E-state index in [1.165, 1.54) is 5.75 Å². The van der Waals surface area contributed by atoms with E-state index in [0.29, 0.717) is 14.6 Å². The molecule has 1 saturated heterocycles. The molecule has 1 unspecified atom stereocenters. The van der Waals surface area contributed by atoms with Crippen LogP contribution in [0.3, 0.4) is 0 Å². The standard InChI is InChI=1S/C2H5AsS/c1-2-4-3-1/h3H,1-2H2. The van der Waals surface area contributed by atoms with Crippen molar-refractivity contribution in [3.8, 4) is 0 Å². The number of hydrogen-bond donors (Lipinski definition) is 0. The third-order valence-electron chi connectivity index (χ3n) is 0.408. The van der Waals surface area contributed by atoms with Crippen molar-refractivity contribution in [1.29, 1.82) is 0 Å². The van der Waals surface area contributed by atoms with Gasteiger partial charge in [-0.3, -0.25) is 0 Å². The molecule has 1 fully saturated rings. The Balaban J connectivity index is 2.00. The van der Waals surface area contributed by atoms with Crippen LogP contribution in [0, 0.1) is 0 Å². The number of rotatable bonds is 0. The zero-order valence-corrected chi connectivity index (χ0v) is 5.24. The maximum atomic E-state index is 2.16. The fraction of sp³-hybridized carbons (Fsp3) is 1.00. The van der Waals surface area contributed by atoms with Crippen LogP contribution in [-0.2, 0) is 0 Å². The van der Waals surface area contributed by atoms with Gasteiger partial charge in [-0.15, -0.1) is 0 Å². The van der Waals surface area contributed by atoms with Gasteiger partial charge in [0.25, 0.3) is 0 Å². The van der Waals surface area contributed by atoms with Crippen LogP contribution < -0.4 is 0 Å². The van der Waals surface area contributed by atoms with Crippen LogP contribution in [0.4, 0.5) is 0 Å². The molecule has 0 spiro atoms. The zero-order chi connectivity index (χ0) is 2.83. The fourth-order valence-corrected chi connectivity index (χ4v) is 1.59. The van der Waals surface area contributed by atoms with Crippen molar-refractivity contribution >= 4 is 24.6 Å². The van der Waals surface area contributed by atoms with Crippen LogP contribution in [0.2, 0.25) is 5.21 Å². The van der Waals surface area contributed by atoms with Gasteiger partial charge in [-0.05, 0) is 0 Å². The first-order chi connectivity index (χ1) is 2.00. The SMILES string of the molecule is C1C[AsH]S1. The summed E-state index contributed by atoms with van der Waals surface area (Å²) in [6.07, 6.45) is 0. The van der Waals surface area contributed by atoms with Crippen LogP contribution in [-0.4, -0.2) is 20.3 Å². The minimum atomic E-state index is 0.611. The summed E-state index contributed by atoms with van der Waals surface area (Å²) in [5, 5.41) is 1.59. The van der Waals surface area contributed by atoms with Crippen molar-refractivity contribution in [2.75, 3.05) is 5.75 Å². The van der Waals surface area contributed by atoms with Gasteiger partial charge in [-0.2, -0.15) is 0 Å². The molecule has 1 aliphatic rings. The van der Waals surface area contributed by atoms with Gasteiger partial charge in [-0.25, -0.2) is 0 Å². The summed E-state index contributed by atoms with van der Waals surface area (Å²) in [6, 6.07) is 0. The Bertz CT molecular complexity index is 14.0. The molecule has 0 radical (unpaired) electrons. The monoisotopic (exact) mass is 136 g/mol. The van der Waals surface area contributed by atoms with E-state index >= 15 is 0 Å². The molecule has 1 heterocycles. The molecular weight excluding hydrogens is 131 g/mol. The summed E-state index contributed by atoms with van der Waals surface area (Å²) in [5.74, 6) is 1.47. The van der Waals surface area contributed by atoms with Crippen molar-refractivity contribution in [2.24, 2.45) is 0 Å². The van der Waals surface area contributed by atoms with Crippen molar-refractivity contribution in [1.82, 2.24) is 0 Å². The van der Waals surface area contributed by atoms with Crippen LogP contribution in [0.15, 0.2) is 0 Å². The zero-order valence-electron chi connectivity index (χ0n) is 2.32. The number of hydrogen-bond acceptors (Lipinski definition) is 1.